The summed E-state index contributed by atoms with van der Waals surface area (Å²) in [5.74, 6) is 0.488. The van der Waals surface area contributed by atoms with E-state index in [4.69, 9.17) is 9.31 Å². The van der Waals surface area contributed by atoms with E-state index in [0.717, 1.165) is 55.1 Å². The summed E-state index contributed by atoms with van der Waals surface area (Å²) in [6, 6.07) is 41.4. The second-order valence-corrected chi connectivity index (χ2v) is 14.6. The van der Waals surface area contributed by atoms with E-state index in [9.17, 15) is 4.79 Å². The minimum atomic E-state index is -0.744. The normalized spacial score (nSPS) is 15.7. The third kappa shape index (κ3) is 8.69. The molecule has 1 amide bonds. The summed E-state index contributed by atoms with van der Waals surface area (Å²) < 4.78 is 14.2. The van der Waals surface area contributed by atoms with Gasteiger partial charge in [-0.05, 0) is 79.5 Å². The molecule has 5 aromatic rings. The number of tetrazole rings is 1. The van der Waals surface area contributed by atoms with Crippen molar-refractivity contribution in [2.75, 3.05) is 6.54 Å². The van der Waals surface area contributed by atoms with Gasteiger partial charge in [-0.15, -0.1) is 5.10 Å². The zero-order valence-electron chi connectivity index (χ0n) is 30.9. The molecule has 270 valence electrons. The van der Waals surface area contributed by atoms with Crippen LogP contribution in [0, 0.1) is 0 Å². The summed E-state index contributed by atoms with van der Waals surface area (Å²) in [6.45, 7) is 8.92. The summed E-state index contributed by atoms with van der Waals surface area (Å²) in [6.07, 6.45) is 5.15. The van der Waals surface area contributed by atoms with Gasteiger partial charge in [-0.2, -0.15) is 0 Å². The molecule has 0 saturated carbocycles. The van der Waals surface area contributed by atoms with Crippen molar-refractivity contribution in [1.82, 2.24) is 30.8 Å². The summed E-state index contributed by atoms with van der Waals surface area (Å²) in [4.78, 5) is 13.3. The Kier molecular flexibility index (Phi) is 12.0. The van der Waals surface area contributed by atoms with Gasteiger partial charge in [-0.3, -0.25) is 10.1 Å². The predicted octanol–water partition coefficient (Wildman–Crippen LogP) is 7.31. The van der Waals surface area contributed by atoms with Gasteiger partial charge in [-0.1, -0.05) is 141 Å². The lowest BCUT2D eigenvalue weighted by molar-refractivity contribution is -0.121. The molecule has 6 rings (SSSR count). The first-order valence-corrected chi connectivity index (χ1v) is 18.5. The maximum absolute atomic E-state index is 13.3. The molecule has 0 spiro atoms. The minimum absolute atomic E-state index is 0.0201. The summed E-state index contributed by atoms with van der Waals surface area (Å²) >= 11 is 0. The van der Waals surface area contributed by atoms with Crippen LogP contribution in [0.1, 0.15) is 87.5 Å². The second-order valence-electron chi connectivity index (χ2n) is 14.6. The molecule has 1 aromatic heterocycles. The van der Waals surface area contributed by atoms with Gasteiger partial charge in [0.1, 0.15) is 6.54 Å². The van der Waals surface area contributed by atoms with Crippen molar-refractivity contribution >= 4 is 13.0 Å². The van der Waals surface area contributed by atoms with E-state index in [1.165, 1.54) is 5.56 Å². The Morgan fingerprint density at radius 1 is 0.750 bits per heavy atom. The molecule has 10 heteroatoms. The van der Waals surface area contributed by atoms with Crippen molar-refractivity contribution in [1.29, 1.82) is 0 Å². The fourth-order valence-corrected chi connectivity index (χ4v) is 7.02. The number of unbranched alkanes of at least 4 members (excludes halogenated alkanes) is 2. The first kappa shape index (κ1) is 37.1. The number of aromatic nitrogens is 4. The number of hydrogen-bond acceptors (Lipinski definition) is 7. The molecule has 52 heavy (non-hydrogen) atoms. The zero-order chi connectivity index (χ0) is 36.4. The van der Waals surface area contributed by atoms with E-state index < -0.39 is 5.54 Å². The minimum Gasteiger partial charge on any atom is -0.403 e. The number of nitrogens with one attached hydrogen (secondary N) is 2. The third-order valence-corrected chi connectivity index (χ3v) is 10.5. The van der Waals surface area contributed by atoms with Crippen LogP contribution in [-0.2, 0) is 32.6 Å². The second kappa shape index (κ2) is 16.8. The Morgan fingerprint density at radius 3 is 1.81 bits per heavy atom. The number of hydrogen-bond donors (Lipinski definition) is 2. The number of nitrogens with zero attached hydrogens (tertiary/aromatic N) is 4. The third-order valence-electron chi connectivity index (χ3n) is 10.5. The van der Waals surface area contributed by atoms with E-state index in [-0.39, 0.29) is 36.8 Å². The molecule has 2 heterocycles. The van der Waals surface area contributed by atoms with E-state index in [1.54, 1.807) is 4.68 Å². The monoisotopic (exact) mass is 698 g/mol. The van der Waals surface area contributed by atoms with Gasteiger partial charge in [-0.25, -0.2) is 4.68 Å². The van der Waals surface area contributed by atoms with Gasteiger partial charge in [0, 0.05) is 6.54 Å². The highest BCUT2D eigenvalue weighted by molar-refractivity contribution is 6.45. The van der Waals surface area contributed by atoms with Crippen LogP contribution < -0.4 is 10.6 Å². The van der Waals surface area contributed by atoms with Crippen molar-refractivity contribution in [2.45, 2.75) is 95.4 Å². The Balaban J connectivity index is 1.26. The van der Waals surface area contributed by atoms with Crippen LogP contribution in [0.4, 0.5) is 0 Å². The highest BCUT2D eigenvalue weighted by Gasteiger charge is 2.50. The highest BCUT2D eigenvalue weighted by Crippen LogP contribution is 2.40. The Hall–Kier alpha value is -4.64. The zero-order valence-corrected chi connectivity index (χ0v) is 30.9. The maximum Gasteiger partial charge on any atom is 0.457 e. The Bertz CT molecular complexity index is 1720. The van der Waals surface area contributed by atoms with E-state index >= 15 is 0 Å². The first-order valence-electron chi connectivity index (χ1n) is 18.5. The first-order chi connectivity index (χ1) is 25.2. The quantitative estimate of drug-likeness (QED) is 0.0597. The lowest BCUT2D eigenvalue weighted by Crippen LogP contribution is -2.47. The summed E-state index contributed by atoms with van der Waals surface area (Å²) in [5, 5.41) is 20.2. The molecule has 1 fully saturated rings. The molecule has 0 aliphatic carbocycles. The molecule has 1 aliphatic heterocycles. The SMILES string of the molecule is CC1(C)OB(CCCCCC(NC(c2ccccc2)(c2ccccc2)c2ccccc2)c2nnnn2CC(=O)NCCc2ccccc2)OC1(C)C. The molecular formula is C42H51BN6O3. The predicted molar refractivity (Wildman–Crippen MR) is 205 cm³/mol. The van der Waals surface area contributed by atoms with Crippen LogP contribution in [0.25, 0.3) is 0 Å². The molecule has 2 N–H and O–H groups in total. The van der Waals surface area contributed by atoms with Crippen LogP contribution in [-0.4, -0.2) is 51.0 Å². The molecule has 9 nitrogen and oxygen atoms in total. The molecule has 0 bridgehead atoms. The average Bonchev–Trinajstić information content (AvgIpc) is 3.70. The average molecular weight is 699 g/mol. The van der Waals surface area contributed by atoms with E-state index in [1.807, 2.05) is 36.4 Å². The lowest BCUT2D eigenvalue weighted by atomic mass is 9.76. The van der Waals surface area contributed by atoms with Crippen molar-refractivity contribution in [2.24, 2.45) is 0 Å². The number of carbonyl (C=O) groups excluding carboxylic acids is 1. The molecule has 1 unspecified atom stereocenters. The smallest absolute Gasteiger partial charge is 0.403 e. The maximum atomic E-state index is 13.3. The van der Waals surface area contributed by atoms with Gasteiger partial charge in [0.25, 0.3) is 0 Å². The van der Waals surface area contributed by atoms with Crippen molar-refractivity contribution < 1.29 is 14.1 Å². The number of amides is 1. The Morgan fingerprint density at radius 2 is 1.27 bits per heavy atom. The summed E-state index contributed by atoms with van der Waals surface area (Å²) in [7, 11) is -0.214. The van der Waals surface area contributed by atoms with Crippen LogP contribution in [0.15, 0.2) is 121 Å². The molecule has 1 aliphatic rings. The largest absolute Gasteiger partial charge is 0.457 e. The number of carbonyl (C=O) groups is 1. The van der Waals surface area contributed by atoms with Crippen molar-refractivity contribution in [3.05, 3.63) is 149 Å². The number of rotatable bonds is 17. The van der Waals surface area contributed by atoms with Gasteiger partial charge >= 0.3 is 7.12 Å². The van der Waals surface area contributed by atoms with Gasteiger partial charge in [0.15, 0.2) is 5.82 Å². The Labute approximate surface area is 308 Å². The standard InChI is InChI=1S/C42H51BN6O3/c1-40(2)41(3,4)52-43(51-40)30-19-9-18-28-37(39-46-47-48-49(39)32-38(50)44-31-29-33-20-10-5-11-21-33)45-42(34-22-12-6-13-23-34,35-24-14-7-15-25-35)36-26-16-8-17-27-36/h5-8,10-17,20-27,37,45H,9,18-19,28-32H2,1-4H3,(H,44,50). The van der Waals surface area contributed by atoms with Gasteiger partial charge in [0.05, 0.1) is 22.8 Å². The van der Waals surface area contributed by atoms with Crippen molar-refractivity contribution in [3.8, 4) is 0 Å². The molecule has 0 radical (unpaired) electrons. The fraction of sp³-hybridized carbons (Fsp3) is 0.381. The van der Waals surface area contributed by atoms with Crippen LogP contribution in [0.5, 0.6) is 0 Å². The van der Waals surface area contributed by atoms with E-state index in [2.05, 4.69) is 139 Å². The molecule has 1 saturated heterocycles. The van der Waals surface area contributed by atoms with Crippen LogP contribution in [0.2, 0.25) is 6.32 Å². The van der Waals surface area contributed by atoms with Crippen LogP contribution in [0.3, 0.4) is 0 Å². The van der Waals surface area contributed by atoms with Gasteiger partial charge < -0.3 is 14.6 Å². The van der Waals surface area contributed by atoms with Gasteiger partial charge in [0.2, 0.25) is 5.91 Å². The molecule has 1 atom stereocenters. The lowest BCUT2D eigenvalue weighted by Gasteiger charge is -2.40. The summed E-state index contributed by atoms with van der Waals surface area (Å²) in [5.41, 5.74) is 3.03. The van der Waals surface area contributed by atoms with Crippen molar-refractivity contribution in [3.63, 3.8) is 0 Å². The van der Waals surface area contributed by atoms with E-state index in [0.29, 0.717) is 12.4 Å². The topological polar surface area (TPSA) is 103 Å². The highest BCUT2D eigenvalue weighted by atomic mass is 16.7. The fourth-order valence-electron chi connectivity index (χ4n) is 7.02. The van der Waals surface area contributed by atoms with Crippen LogP contribution >= 0.6 is 0 Å². The number of benzene rings is 4. The molecular weight excluding hydrogens is 647 g/mol. The molecule has 4 aromatic carbocycles.